The molecule has 0 bridgehead atoms. The predicted molar refractivity (Wildman–Crippen MR) is 65.9 cm³/mol. The van der Waals surface area contributed by atoms with E-state index in [1.165, 1.54) is 24.8 Å². The van der Waals surface area contributed by atoms with E-state index in [1.54, 1.807) is 11.1 Å². The van der Waals surface area contributed by atoms with Crippen LogP contribution in [-0.2, 0) is 12.8 Å². The van der Waals surface area contributed by atoms with Crippen molar-refractivity contribution in [3.63, 3.8) is 0 Å². The highest BCUT2D eigenvalue weighted by Crippen LogP contribution is 2.24. The van der Waals surface area contributed by atoms with Crippen LogP contribution in [0.1, 0.15) is 50.8 Å². The molecule has 0 saturated carbocycles. The molecule has 0 nitrogen and oxygen atoms in total. The van der Waals surface area contributed by atoms with Crippen LogP contribution in [0.5, 0.6) is 0 Å². The van der Waals surface area contributed by atoms with E-state index >= 15 is 0 Å². The Morgan fingerprint density at radius 1 is 0.929 bits per heavy atom. The lowest BCUT2D eigenvalue weighted by Gasteiger charge is -2.00. The first-order valence-electron chi connectivity index (χ1n) is 5.95. The van der Waals surface area contributed by atoms with Gasteiger partial charge >= 0.3 is 0 Å². The van der Waals surface area contributed by atoms with E-state index < -0.39 is 0 Å². The standard InChI is InChI=1S/C10H12.2C2H6/c1-8-4-2-5-9-6-3-7-10(8)9;2*1-2/h2,4-5H,3,6-7H2,1H3;2*1-2H3. The maximum absolute atomic E-state index is 2.26. The molecule has 80 valence electrons. The minimum Gasteiger partial charge on any atom is -0.0683 e. The molecule has 0 atom stereocenters. The van der Waals surface area contributed by atoms with Gasteiger partial charge in [0.15, 0.2) is 0 Å². The van der Waals surface area contributed by atoms with E-state index in [-0.39, 0.29) is 0 Å². The summed E-state index contributed by atoms with van der Waals surface area (Å²) in [5.41, 5.74) is 4.68. The predicted octanol–water partition coefficient (Wildman–Crippen LogP) is 4.54. The first-order valence-corrected chi connectivity index (χ1v) is 5.95. The summed E-state index contributed by atoms with van der Waals surface area (Å²) < 4.78 is 0. The van der Waals surface area contributed by atoms with Crippen LogP contribution in [0, 0.1) is 6.92 Å². The molecule has 0 aliphatic heterocycles. The van der Waals surface area contributed by atoms with Crippen LogP contribution in [0.4, 0.5) is 0 Å². The van der Waals surface area contributed by atoms with E-state index in [9.17, 15) is 0 Å². The summed E-state index contributed by atoms with van der Waals surface area (Å²) in [4.78, 5) is 0. The van der Waals surface area contributed by atoms with Crippen molar-refractivity contribution in [1.29, 1.82) is 0 Å². The number of benzene rings is 1. The van der Waals surface area contributed by atoms with Crippen molar-refractivity contribution in [1.82, 2.24) is 0 Å². The Morgan fingerprint density at radius 2 is 1.57 bits per heavy atom. The second kappa shape index (κ2) is 7.61. The van der Waals surface area contributed by atoms with E-state index in [1.807, 2.05) is 27.7 Å². The fraction of sp³-hybridized carbons (Fsp3) is 0.571. The molecule has 14 heavy (non-hydrogen) atoms. The maximum Gasteiger partial charge on any atom is -0.0270 e. The molecule has 0 fully saturated rings. The summed E-state index contributed by atoms with van der Waals surface area (Å²) in [6, 6.07) is 6.64. The average molecular weight is 192 g/mol. The first kappa shape index (κ1) is 13.2. The lowest BCUT2D eigenvalue weighted by atomic mass is 10.1. The Kier molecular flexibility index (Phi) is 7.18. The summed E-state index contributed by atoms with van der Waals surface area (Å²) in [6.45, 7) is 10.2. The van der Waals surface area contributed by atoms with Crippen molar-refractivity contribution < 1.29 is 0 Å². The zero-order chi connectivity index (χ0) is 11.0. The Bertz CT molecular complexity index is 248. The third kappa shape index (κ3) is 3.17. The van der Waals surface area contributed by atoms with Gasteiger partial charge in [0.2, 0.25) is 0 Å². The van der Waals surface area contributed by atoms with Crippen molar-refractivity contribution in [2.24, 2.45) is 0 Å². The largest absolute Gasteiger partial charge is 0.0683 e. The molecule has 2 rings (SSSR count). The highest BCUT2D eigenvalue weighted by atomic mass is 14.2. The molecule has 0 aromatic heterocycles. The number of hydrogen-bond donors (Lipinski definition) is 0. The Morgan fingerprint density at radius 3 is 2.14 bits per heavy atom. The monoisotopic (exact) mass is 192 g/mol. The van der Waals surface area contributed by atoms with Gasteiger partial charge in [-0.15, -0.1) is 0 Å². The third-order valence-electron chi connectivity index (χ3n) is 2.38. The van der Waals surface area contributed by atoms with Crippen LogP contribution in [0.25, 0.3) is 0 Å². The minimum atomic E-state index is 1.30. The minimum absolute atomic E-state index is 1.30. The molecule has 0 spiro atoms. The molecule has 1 aliphatic carbocycles. The molecule has 0 amide bonds. The SMILES string of the molecule is CC.CC.Cc1cccc2c1CCC2. The van der Waals surface area contributed by atoms with Gasteiger partial charge in [0.1, 0.15) is 0 Å². The molecular weight excluding hydrogens is 168 g/mol. The van der Waals surface area contributed by atoms with E-state index in [0.717, 1.165) is 0 Å². The summed E-state index contributed by atoms with van der Waals surface area (Å²) in [5, 5.41) is 0. The Labute approximate surface area is 89.4 Å². The average Bonchev–Trinajstić information content (AvgIpc) is 2.73. The fourth-order valence-corrected chi connectivity index (χ4v) is 1.81. The van der Waals surface area contributed by atoms with Gasteiger partial charge in [-0.1, -0.05) is 45.9 Å². The van der Waals surface area contributed by atoms with Gasteiger partial charge in [-0.2, -0.15) is 0 Å². The third-order valence-corrected chi connectivity index (χ3v) is 2.38. The topological polar surface area (TPSA) is 0 Å². The molecule has 1 aromatic carbocycles. The lowest BCUT2D eigenvalue weighted by Crippen LogP contribution is -1.84. The molecule has 0 unspecified atom stereocenters. The molecule has 0 radical (unpaired) electrons. The van der Waals surface area contributed by atoms with Gasteiger partial charge in [-0.3, -0.25) is 0 Å². The van der Waals surface area contributed by atoms with Gasteiger partial charge in [0.05, 0.1) is 0 Å². The number of rotatable bonds is 0. The Balaban J connectivity index is 0.000000379. The second-order valence-corrected chi connectivity index (χ2v) is 3.07. The summed E-state index contributed by atoms with van der Waals surface area (Å²) in [6.07, 6.45) is 3.97. The van der Waals surface area contributed by atoms with Gasteiger partial charge in [0.25, 0.3) is 0 Å². The summed E-state index contributed by atoms with van der Waals surface area (Å²) in [7, 11) is 0. The highest BCUT2D eigenvalue weighted by Gasteiger charge is 2.10. The van der Waals surface area contributed by atoms with Gasteiger partial charge in [0, 0.05) is 0 Å². The summed E-state index contributed by atoms with van der Waals surface area (Å²) >= 11 is 0. The van der Waals surface area contributed by atoms with Gasteiger partial charge in [-0.05, 0) is 42.9 Å². The van der Waals surface area contributed by atoms with E-state index in [0.29, 0.717) is 0 Å². The van der Waals surface area contributed by atoms with Crippen molar-refractivity contribution >= 4 is 0 Å². The molecule has 0 heteroatoms. The van der Waals surface area contributed by atoms with Crippen LogP contribution < -0.4 is 0 Å². The first-order chi connectivity index (χ1) is 6.88. The van der Waals surface area contributed by atoms with E-state index in [2.05, 4.69) is 25.1 Å². The number of fused-ring (bicyclic) bond motifs is 1. The fourth-order valence-electron chi connectivity index (χ4n) is 1.81. The molecule has 1 aliphatic rings. The van der Waals surface area contributed by atoms with Crippen molar-refractivity contribution in [2.45, 2.75) is 53.9 Å². The highest BCUT2D eigenvalue weighted by molar-refractivity contribution is 5.37. The van der Waals surface area contributed by atoms with Crippen molar-refractivity contribution in [3.05, 3.63) is 34.9 Å². The van der Waals surface area contributed by atoms with Gasteiger partial charge < -0.3 is 0 Å². The Hall–Kier alpha value is -0.780. The van der Waals surface area contributed by atoms with Crippen LogP contribution in [-0.4, -0.2) is 0 Å². The van der Waals surface area contributed by atoms with Gasteiger partial charge in [-0.25, -0.2) is 0 Å². The normalized spacial score (nSPS) is 11.8. The zero-order valence-corrected chi connectivity index (χ0v) is 10.4. The van der Waals surface area contributed by atoms with Crippen LogP contribution in [0.2, 0.25) is 0 Å². The number of hydrogen-bond acceptors (Lipinski definition) is 0. The molecule has 0 heterocycles. The molecule has 0 N–H and O–H groups in total. The maximum atomic E-state index is 2.26. The van der Waals surface area contributed by atoms with E-state index in [4.69, 9.17) is 0 Å². The van der Waals surface area contributed by atoms with Crippen LogP contribution in [0.15, 0.2) is 18.2 Å². The second-order valence-electron chi connectivity index (χ2n) is 3.07. The van der Waals surface area contributed by atoms with Crippen molar-refractivity contribution in [3.8, 4) is 0 Å². The quantitative estimate of drug-likeness (QED) is 0.566. The summed E-state index contributed by atoms with van der Waals surface area (Å²) in [5.74, 6) is 0. The molecule has 0 saturated heterocycles. The van der Waals surface area contributed by atoms with Crippen LogP contribution in [0.3, 0.4) is 0 Å². The number of aryl methyl sites for hydroxylation is 2. The van der Waals surface area contributed by atoms with Crippen LogP contribution >= 0.6 is 0 Å². The molecular formula is C14H24. The van der Waals surface area contributed by atoms with Crippen molar-refractivity contribution in [2.75, 3.05) is 0 Å². The smallest absolute Gasteiger partial charge is 0.0270 e. The molecule has 1 aromatic rings. The lowest BCUT2D eigenvalue weighted by molar-refractivity contribution is 0.909. The zero-order valence-electron chi connectivity index (χ0n) is 10.4.